The molecule has 128 valence electrons. The molecule has 0 unspecified atom stereocenters. The first-order valence-corrected chi connectivity index (χ1v) is 8.68. The SMILES string of the molecule is CCNC(=NCCC(C)C)N1CCN(c2ccccc2O)CC1. The van der Waals surface area contributed by atoms with Crippen LogP contribution in [0.5, 0.6) is 5.75 Å². The molecule has 0 spiro atoms. The fraction of sp³-hybridized carbons (Fsp3) is 0.611. The van der Waals surface area contributed by atoms with Gasteiger partial charge in [0.15, 0.2) is 5.96 Å². The quantitative estimate of drug-likeness (QED) is 0.647. The number of nitrogens with one attached hydrogen (secondary N) is 1. The average molecular weight is 318 g/mol. The lowest BCUT2D eigenvalue weighted by Crippen LogP contribution is -2.52. The van der Waals surface area contributed by atoms with E-state index < -0.39 is 0 Å². The third-order valence-corrected chi connectivity index (χ3v) is 4.10. The van der Waals surface area contributed by atoms with Crippen molar-refractivity contribution in [3.8, 4) is 5.75 Å². The van der Waals surface area contributed by atoms with Gasteiger partial charge in [-0.1, -0.05) is 26.0 Å². The maximum atomic E-state index is 10.00. The molecule has 5 heteroatoms. The van der Waals surface area contributed by atoms with Gasteiger partial charge in [0.2, 0.25) is 0 Å². The summed E-state index contributed by atoms with van der Waals surface area (Å²) in [5, 5.41) is 13.4. The lowest BCUT2D eigenvalue weighted by Gasteiger charge is -2.37. The fourth-order valence-electron chi connectivity index (χ4n) is 2.75. The smallest absolute Gasteiger partial charge is 0.194 e. The van der Waals surface area contributed by atoms with Gasteiger partial charge in [0, 0.05) is 39.3 Å². The molecule has 0 radical (unpaired) electrons. The first-order valence-electron chi connectivity index (χ1n) is 8.68. The number of para-hydroxylation sites is 2. The first kappa shape index (κ1) is 17.4. The molecule has 0 amide bonds. The van der Waals surface area contributed by atoms with Crippen LogP contribution >= 0.6 is 0 Å². The van der Waals surface area contributed by atoms with E-state index in [1.807, 2.05) is 18.2 Å². The minimum Gasteiger partial charge on any atom is -0.506 e. The van der Waals surface area contributed by atoms with Crippen LogP contribution in [0.2, 0.25) is 0 Å². The molecular formula is C18H30N4O. The highest BCUT2D eigenvalue weighted by Crippen LogP contribution is 2.27. The van der Waals surface area contributed by atoms with Gasteiger partial charge >= 0.3 is 0 Å². The van der Waals surface area contributed by atoms with Crippen LogP contribution in [-0.2, 0) is 0 Å². The van der Waals surface area contributed by atoms with Crippen molar-refractivity contribution in [3.63, 3.8) is 0 Å². The Kier molecular flexibility index (Phi) is 6.56. The van der Waals surface area contributed by atoms with E-state index in [1.165, 1.54) is 0 Å². The van der Waals surface area contributed by atoms with E-state index in [2.05, 4.69) is 35.9 Å². The summed E-state index contributed by atoms with van der Waals surface area (Å²) in [6.45, 7) is 12.0. The second-order valence-corrected chi connectivity index (χ2v) is 6.38. The van der Waals surface area contributed by atoms with E-state index >= 15 is 0 Å². The Morgan fingerprint density at radius 3 is 2.52 bits per heavy atom. The zero-order valence-corrected chi connectivity index (χ0v) is 14.6. The molecule has 1 aliphatic heterocycles. The molecule has 0 aliphatic carbocycles. The van der Waals surface area contributed by atoms with Crippen molar-refractivity contribution >= 4 is 11.6 Å². The lowest BCUT2D eigenvalue weighted by molar-refractivity contribution is 0.369. The summed E-state index contributed by atoms with van der Waals surface area (Å²) in [7, 11) is 0. The Labute approximate surface area is 140 Å². The van der Waals surface area contributed by atoms with Gasteiger partial charge < -0.3 is 20.2 Å². The Morgan fingerprint density at radius 1 is 1.22 bits per heavy atom. The second kappa shape index (κ2) is 8.65. The zero-order chi connectivity index (χ0) is 16.7. The number of piperazine rings is 1. The Hall–Kier alpha value is -1.91. The van der Waals surface area contributed by atoms with E-state index in [1.54, 1.807) is 6.07 Å². The van der Waals surface area contributed by atoms with E-state index in [9.17, 15) is 5.11 Å². The Balaban J connectivity index is 1.94. The molecule has 2 rings (SSSR count). The molecule has 1 aromatic carbocycles. The highest BCUT2D eigenvalue weighted by atomic mass is 16.3. The summed E-state index contributed by atoms with van der Waals surface area (Å²) in [6.07, 6.45) is 1.12. The molecule has 1 heterocycles. The van der Waals surface area contributed by atoms with Crippen molar-refractivity contribution in [3.05, 3.63) is 24.3 Å². The fourth-order valence-corrected chi connectivity index (χ4v) is 2.75. The molecule has 1 saturated heterocycles. The summed E-state index contributed by atoms with van der Waals surface area (Å²) in [4.78, 5) is 9.32. The molecule has 0 bridgehead atoms. The summed E-state index contributed by atoms with van der Waals surface area (Å²) < 4.78 is 0. The average Bonchev–Trinajstić information content (AvgIpc) is 2.54. The topological polar surface area (TPSA) is 51.1 Å². The molecule has 5 nitrogen and oxygen atoms in total. The largest absolute Gasteiger partial charge is 0.506 e. The van der Waals surface area contributed by atoms with Gasteiger partial charge in [0.1, 0.15) is 5.75 Å². The molecule has 0 atom stereocenters. The van der Waals surface area contributed by atoms with Crippen LogP contribution in [0.15, 0.2) is 29.3 Å². The summed E-state index contributed by atoms with van der Waals surface area (Å²) >= 11 is 0. The number of nitrogens with zero attached hydrogens (tertiary/aromatic N) is 3. The maximum absolute atomic E-state index is 10.00. The molecular weight excluding hydrogens is 288 g/mol. The van der Waals surface area contributed by atoms with Crippen molar-refractivity contribution in [2.75, 3.05) is 44.2 Å². The summed E-state index contributed by atoms with van der Waals surface area (Å²) in [5.74, 6) is 2.06. The summed E-state index contributed by atoms with van der Waals surface area (Å²) in [5.41, 5.74) is 0.925. The Bertz CT molecular complexity index is 507. The number of hydrogen-bond acceptors (Lipinski definition) is 3. The molecule has 23 heavy (non-hydrogen) atoms. The van der Waals surface area contributed by atoms with Gasteiger partial charge in [-0.3, -0.25) is 4.99 Å². The van der Waals surface area contributed by atoms with Crippen molar-refractivity contribution in [1.82, 2.24) is 10.2 Å². The number of anilines is 1. The van der Waals surface area contributed by atoms with Crippen LogP contribution in [0.1, 0.15) is 27.2 Å². The van der Waals surface area contributed by atoms with Gasteiger partial charge in [-0.15, -0.1) is 0 Å². The third-order valence-electron chi connectivity index (χ3n) is 4.10. The minimum absolute atomic E-state index is 0.360. The predicted molar refractivity (Wildman–Crippen MR) is 97.3 cm³/mol. The maximum Gasteiger partial charge on any atom is 0.194 e. The van der Waals surface area contributed by atoms with Gasteiger partial charge in [-0.25, -0.2) is 0 Å². The van der Waals surface area contributed by atoms with Gasteiger partial charge in [-0.05, 0) is 31.4 Å². The van der Waals surface area contributed by atoms with Crippen LogP contribution < -0.4 is 10.2 Å². The van der Waals surface area contributed by atoms with Gasteiger partial charge in [0.05, 0.1) is 5.69 Å². The number of hydrogen-bond donors (Lipinski definition) is 2. The second-order valence-electron chi connectivity index (χ2n) is 6.38. The predicted octanol–water partition coefficient (Wildman–Crippen LogP) is 2.53. The monoisotopic (exact) mass is 318 g/mol. The van der Waals surface area contributed by atoms with Crippen molar-refractivity contribution in [2.24, 2.45) is 10.9 Å². The van der Waals surface area contributed by atoms with Crippen molar-refractivity contribution in [2.45, 2.75) is 27.2 Å². The van der Waals surface area contributed by atoms with Gasteiger partial charge in [0.25, 0.3) is 0 Å². The van der Waals surface area contributed by atoms with Crippen LogP contribution in [0.25, 0.3) is 0 Å². The highest BCUT2D eigenvalue weighted by Gasteiger charge is 2.21. The highest BCUT2D eigenvalue weighted by molar-refractivity contribution is 5.80. The molecule has 2 N–H and O–H groups in total. The molecule has 1 fully saturated rings. The van der Waals surface area contributed by atoms with Crippen LogP contribution in [0, 0.1) is 5.92 Å². The van der Waals surface area contributed by atoms with Crippen LogP contribution in [-0.4, -0.2) is 55.2 Å². The number of rotatable bonds is 5. The van der Waals surface area contributed by atoms with E-state index in [-0.39, 0.29) is 0 Å². The number of phenols is 1. The molecule has 0 aromatic heterocycles. The standard InChI is InChI=1S/C18H30N4O/c1-4-19-18(20-10-9-15(2)3)22-13-11-21(12-14-22)16-7-5-6-8-17(16)23/h5-8,15,23H,4,9-14H2,1-3H3,(H,19,20). The number of benzene rings is 1. The number of guanidine groups is 1. The summed E-state index contributed by atoms with van der Waals surface area (Å²) in [6, 6.07) is 7.56. The lowest BCUT2D eigenvalue weighted by atomic mass is 10.1. The van der Waals surface area contributed by atoms with Crippen LogP contribution in [0.4, 0.5) is 5.69 Å². The third kappa shape index (κ3) is 5.05. The molecule has 0 saturated carbocycles. The van der Waals surface area contributed by atoms with Crippen molar-refractivity contribution < 1.29 is 5.11 Å². The first-order chi connectivity index (χ1) is 11.1. The van der Waals surface area contributed by atoms with E-state index in [0.29, 0.717) is 11.7 Å². The number of phenolic OH excluding ortho intramolecular Hbond substituents is 1. The minimum atomic E-state index is 0.360. The molecule has 1 aliphatic rings. The van der Waals surface area contributed by atoms with Crippen LogP contribution in [0.3, 0.4) is 0 Å². The Morgan fingerprint density at radius 2 is 1.91 bits per heavy atom. The number of aromatic hydroxyl groups is 1. The zero-order valence-electron chi connectivity index (χ0n) is 14.6. The molecule has 1 aromatic rings. The number of aliphatic imine (C=N–C) groups is 1. The van der Waals surface area contributed by atoms with E-state index in [0.717, 1.165) is 57.3 Å². The normalized spacial score (nSPS) is 16.1. The van der Waals surface area contributed by atoms with Gasteiger partial charge in [-0.2, -0.15) is 0 Å². The van der Waals surface area contributed by atoms with E-state index in [4.69, 9.17) is 4.99 Å². The van der Waals surface area contributed by atoms with Crippen molar-refractivity contribution in [1.29, 1.82) is 0 Å².